The Morgan fingerprint density at radius 1 is 1.00 bits per heavy atom. The summed E-state index contributed by atoms with van der Waals surface area (Å²) in [7, 11) is 0. The Hall–Kier alpha value is -0.600. The molecule has 3 heteroatoms. The van der Waals surface area contributed by atoms with Crippen molar-refractivity contribution in [1.29, 1.82) is 0 Å². The quantitative estimate of drug-likeness (QED) is 0.790. The predicted molar refractivity (Wildman–Crippen MR) is 66.4 cm³/mol. The van der Waals surface area contributed by atoms with Gasteiger partial charge in [0, 0.05) is 12.0 Å². The van der Waals surface area contributed by atoms with Crippen molar-refractivity contribution in [1.82, 2.24) is 5.32 Å². The number of alkyl halides is 1. The van der Waals surface area contributed by atoms with E-state index < -0.39 is 6.17 Å². The minimum absolute atomic E-state index is 0.217. The molecule has 2 aliphatic carbocycles. The van der Waals surface area contributed by atoms with E-state index in [4.69, 9.17) is 0 Å². The highest BCUT2D eigenvalue weighted by Crippen LogP contribution is 2.29. The van der Waals surface area contributed by atoms with Crippen LogP contribution in [0.2, 0.25) is 0 Å². The van der Waals surface area contributed by atoms with Gasteiger partial charge in [-0.15, -0.1) is 0 Å². The van der Waals surface area contributed by atoms with Crippen molar-refractivity contribution < 1.29 is 9.18 Å². The molecule has 0 heterocycles. The lowest BCUT2D eigenvalue weighted by Crippen LogP contribution is -2.42. The molecule has 0 saturated heterocycles. The minimum atomic E-state index is -0.640. The van der Waals surface area contributed by atoms with E-state index in [1.807, 2.05) is 0 Å². The Morgan fingerprint density at radius 2 is 1.59 bits per heavy atom. The largest absolute Gasteiger partial charge is 0.353 e. The number of hydrogen-bond acceptors (Lipinski definition) is 1. The number of amides is 1. The second kappa shape index (κ2) is 5.83. The van der Waals surface area contributed by atoms with Crippen molar-refractivity contribution in [2.75, 3.05) is 0 Å². The Morgan fingerprint density at radius 3 is 2.18 bits per heavy atom. The third-order valence-corrected chi connectivity index (χ3v) is 4.39. The zero-order valence-electron chi connectivity index (χ0n) is 10.8. The molecule has 2 nitrogen and oxygen atoms in total. The van der Waals surface area contributed by atoms with Gasteiger partial charge in [-0.05, 0) is 57.3 Å². The van der Waals surface area contributed by atoms with Crippen LogP contribution in [0.5, 0.6) is 0 Å². The van der Waals surface area contributed by atoms with Gasteiger partial charge in [-0.1, -0.05) is 6.92 Å². The zero-order valence-corrected chi connectivity index (χ0v) is 10.8. The number of carbonyl (C=O) groups excluding carboxylic acids is 1. The maximum absolute atomic E-state index is 13.0. The third kappa shape index (κ3) is 3.68. The van der Waals surface area contributed by atoms with Gasteiger partial charge in [0.2, 0.25) is 5.91 Å². The number of rotatable bonds is 2. The molecule has 0 unspecified atom stereocenters. The fraction of sp³-hybridized carbons (Fsp3) is 0.929. The van der Waals surface area contributed by atoms with Gasteiger partial charge < -0.3 is 5.32 Å². The molecule has 0 aliphatic heterocycles. The first-order chi connectivity index (χ1) is 8.15. The van der Waals surface area contributed by atoms with Crippen LogP contribution in [-0.2, 0) is 4.79 Å². The Balaban J connectivity index is 1.73. The summed E-state index contributed by atoms with van der Waals surface area (Å²) in [5.41, 5.74) is 0. The number of carbonyl (C=O) groups is 1. The molecule has 98 valence electrons. The molecule has 1 N–H and O–H groups in total. The van der Waals surface area contributed by atoms with E-state index in [2.05, 4.69) is 12.2 Å². The lowest BCUT2D eigenvalue weighted by atomic mass is 9.82. The zero-order chi connectivity index (χ0) is 12.3. The highest BCUT2D eigenvalue weighted by molar-refractivity contribution is 5.79. The fourth-order valence-corrected chi connectivity index (χ4v) is 3.04. The van der Waals surface area contributed by atoms with Gasteiger partial charge in [-0.3, -0.25) is 4.79 Å². The van der Waals surface area contributed by atoms with Crippen molar-refractivity contribution >= 4 is 5.91 Å². The topological polar surface area (TPSA) is 29.1 Å². The molecule has 2 aliphatic rings. The average molecular weight is 241 g/mol. The van der Waals surface area contributed by atoms with Gasteiger partial charge in [0.05, 0.1) is 0 Å². The first kappa shape index (κ1) is 12.8. The van der Waals surface area contributed by atoms with Crippen LogP contribution in [0.25, 0.3) is 0 Å². The molecule has 0 spiro atoms. The summed E-state index contributed by atoms with van der Waals surface area (Å²) in [5.74, 6) is 1.22. The molecule has 0 aromatic carbocycles. The van der Waals surface area contributed by atoms with E-state index in [9.17, 15) is 9.18 Å². The van der Waals surface area contributed by atoms with Crippen molar-refractivity contribution in [3.8, 4) is 0 Å². The molecular formula is C14H24FNO. The van der Waals surface area contributed by atoms with Gasteiger partial charge in [0.25, 0.3) is 0 Å². The molecule has 2 fully saturated rings. The summed E-state index contributed by atoms with van der Waals surface area (Å²) in [6.07, 6.45) is 6.64. The maximum Gasteiger partial charge on any atom is 0.223 e. The summed E-state index contributed by atoms with van der Waals surface area (Å²) in [4.78, 5) is 12.0. The Kier molecular flexibility index (Phi) is 4.41. The summed E-state index contributed by atoms with van der Waals surface area (Å²) in [6, 6.07) is 0.230. The van der Waals surface area contributed by atoms with Gasteiger partial charge >= 0.3 is 0 Å². The van der Waals surface area contributed by atoms with Crippen LogP contribution in [-0.4, -0.2) is 18.1 Å². The van der Waals surface area contributed by atoms with Crippen LogP contribution in [0.1, 0.15) is 58.3 Å². The van der Waals surface area contributed by atoms with Crippen LogP contribution in [0.15, 0.2) is 0 Å². The number of hydrogen-bond donors (Lipinski definition) is 1. The Labute approximate surface area is 103 Å². The highest BCUT2D eigenvalue weighted by Gasteiger charge is 2.27. The van der Waals surface area contributed by atoms with Crippen LogP contribution < -0.4 is 5.32 Å². The maximum atomic E-state index is 13.0. The molecule has 2 rings (SSSR count). The molecule has 0 aromatic rings. The molecule has 0 radical (unpaired) electrons. The summed E-state index contributed by atoms with van der Waals surface area (Å²) in [6.45, 7) is 2.26. The molecule has 2 saturated carbocycles. The van der Waals surface area contributed by atoms with Crippen molar-refractivity contribution in [2.24, 2.45) is 11.8 Å². The van der Waals surface area contributed by atoms with E-state index in [0.29, 0.717) is 12.8 Å². The smallest absolute Gasteiger partial charge is 0.223 e. The van der Waals surface area contributed by atoms with Crippen molar-refractivity contribution in [3.63, 3.8) is 0 Å². The number of halogens is 1. The lowest BCUT2D eigenvalue weighted by Gasteiger charge is -2.29. The predicted octanol–water partition coefficient (Wildman–Crippen LogP) is 3.21. The van der Waals surface area contributed by atoms with Gasteiger partial charge in [0.15, 0.2) is 0 Å². The van der Waals surface area contributed by atoms with Gasteiger partial charge in [0.1, 0.15) is 6.17 Å². The van der Waals surface area contributed by atoms with Crippen molar-refractivity contribution in [2.45, 2.75) is 70.5 Å². The molecule has 0 atom stereocenters. The van der Waals surface area contributed by atoms with Crippen LogP contribution in [0, 0.1) is 11.8 Å². The molecule has 0 aromatic heterocycles. The van der Waals surface area contributed by atoms with E-state index in [1.165, 1.54) is 12.8 Å². The SMILES string of the molecule is CC1CCC(C(=O)NC2CCC(F)CC2)CC1. The van der Waals surface area contributed by atoms with Crippen LogP contribution in [0.3, 0.4) is 0 Å². The standard InChI is InChI=1S/C14H24FNO/c1-10-2-4-11(5-3-10)14(17)16-13-8-6-12(15)7-9-13/h10-13H,2-9H2,1H3,(H,16,17). The molecule has 0 bridgehead atoms. The van der Waals surface area contributed by atoms with Crippen molar-refractivity contribution in [3.05, 3.63) is 0 Å². The summed E-state index contributed by atoms with van der Waals surface area (Å²) >= 11 is 0. The van der Waals surface area contributed by atoms with E-state index in [1.54, 1.807) is 0 Å². The average Bonchev–Trinajstić information content (AvgIpc) is 2.33. The minimum Gasteiger partial charge on any atom is -0.353 e. The first-order valence-corrected chi connectivity index (χ1v) is 7.09. The molecular weight excluding hydrogens is 217 g/mol. The summed E-state index contributed by atoms with van der Waals surface area (Å²) in [5, 5.41) is 3.12. The van der Waals surface area contributed by atoms with E-state index in [-0.39, 0.29) is 17.9 Å². The lowest BCUT2D eigenvalue weighted by molar-refractivity contribution is -0.127. The second-order valence-corrected chi connectivity index (χ2v) is 5.91. The first-order valence-electron chi connectivity index (χ1n) is 7.09. The Bertz CT molecular complexity index is 253. The fourth-order valence-electron chi connectivity index (χ4n) is 3.04. The summed E-state index contributed by atoms with van der Waals surface area (Å²) < 4.78 is 13.0. The van der Waals surface area contributed by atoms with Gasteiger partial charge in [-0.2, -0.15) is 0 Å². The van der Waals surface area contributed by atoms with E-state index >= 15 is 0 Å². The van der Waals surface area contributed by atoms with Gasteiger partial charge in [-0.25, -0.2) is 4.39 Å². The molecule has 1 amide bonds. The molecule has 17 heavy (non-hydrogen) atoms. The van der Waals surface area contributed by atoms with Crippen LogP contribution in [0.4, 0.5) is 4.39 Å². The normalized spacial score (nSPS) is 38.7. The van der Waals surface area contributed by atoms with E-state index in [0.717, 1.165) is 31.6 Å². The number of nitrogens with one attached hydrogen (secondary N) is 1. The second-order valence-electron chi connectivity index (χ2n) is 5.91. The monoisotopic (exact) mass is 241 g/mol. The third-order valence-electron chi connectivity index (χ3n) is 4.39. The highest BCUT2D eigenvalue weighted by atomic mass is 19.1. The van der Waals surface area contributed by atoms with Crippen LogP contribution >= 0.6 is 0 Å².